The van der Waals surface area contributed by atoms with Crippen molar-refractivity contribution in [2.75, 3.05) is 0 Å². The highest BCUT2D eigenvalue weighted by Gasteiger charge is 2.39. The topological polar surface area (TPSA) is 69.1 Å². The van der Waals surface area contributed by atoms with E-state index in [1.807, 2.05) is 24.3 Å². The van der Waals surface area contributed by atoms with Gasteiger partial charge in [-0.25, -0.2) is 0 Å². The minimum Gasteiger partial charge on any atom is -0.369 e. The fourth-order valence-corrected chi connectivity index (χ4v) is 1.58. The molecule has 3 heteroatoms. The first kappa shape index (κ1) is 9.21. The number of benzene rings is 1. The third kappa shape index (κ3) is 1.77. The van der Waals surface area contributed by atoms with E-state index in [0.29, 0.717) is 6.42 Å². The van der Waals surface area contributed by atoms with Crippen LogP contribution in [0.15, 0.2) is 24.3 Å². The van der Waals surface area contributed by atoms with Gasteiger partial charge in [0.25, 0.3) is 0 Å². The van der Waals surface area contributed by atoms with Crippen molar-refractivity contribution in [2.24, 2.45) is 11.5 Å². The van der Waals surface area contributed by atoms with Crippen LogP contribution in [0.3, 0.4) is 0 Å². The summed E-state index contributed by atoms with van der Waals surface area (Å²) in [6, 6.07) is 7.83. The minimum absolute atomic E-state index is 0.0920. The molecule has 1 aromatic rings. The Kier molecular flexibility index (Phi) is 2.04. The zero-order valence-electron chi connectivity index (χ0n) is 7.99. The first-order valence-electron chi connectivity index (χ1n) is 4.77. The normalized spacial score (nSPS) is 17.8. The van der Waals surface area contributed by atoms with Gasteiger partial charge in [0.15, 0.2) is 0 Å². The van der Waals surface area contributed by atoms with Crippen LogP contribution in [-0.4, -0.2) is 5.91 Å². The highest BCUT2D eigenvalue weighted by atomic mass is 16.1. The summed E-state index contributed by atoms with van der Waals surface area (Å²) < 4.78 is 0. The van der Waals surface area contributed by atoms with Crippen LogP contribution in [0.5, 0.6) is 0 Å². The van der Waals surface area contributed by atoms with Gasteiger partial charge in [0.05, 0.1) is 6.42 Å². The van der Waals surface area contributed by atoms with Gasteiger partial charge in [-0.3, -0.25) is 4.79 Å². The maximum absolute atomic E-state index is 10.7. The molecule has 4 N–H and O–H groups in total. The quantitative estimate of drug-likeness (QED) is 0.735. The van der Waals surface area contributed by atoms with Crippen molar-refractivity contribution in [2.45, 2.75) is 24.8 Å². The van der Waals surface area contributed by atoms with Gasteiger partial charge in [-0.15, -0.1) is 0 Å². The first-order valence-corrected chi connectivity index (χ1v) is 4.77. The molecule has 0 bridgehead atoms. The molecule has 1 saturated carbocycles. The molecule has 0 atom stereocenters. The van der Waals surface area contributed by atoms with Crippen LogP contribution in [-0.2, 0) is 16.8 Å². The van der Waals surface area contributed by atoms with Crippen molar-refractivity contribution in [1.82, 2.24) is 0 Å². The Balaban J connectivity index is 2.14. The van der Waals surface area contributed by atoms with Gasteiger partial charge in [-0.1, -0.05) is 24.3 Å². The number of carbonyl (C=O) groups is 1. The molecule has 0 heterocycles. The van der Waals surface area contributed by atoms with E-state index in [1.165, 1.54) is 0 Å². The standard InChI is InChI=1S/C11H14N2O/c12-10(14)7-8-1-3-9(4-2-8)11(13)5-6-11/h1-4H,5-7,13H2,(H2,12,14). The van der Waals surface area contributed by atoms with Gasteiger partial charge in [0, 0.05) is 5.54 Å². The fraction of sp³-hybridized carbons (Fsp3) is 0.364. The van der Waals surface area contributed by atoms with Crippen LogP contribution < -0.4 is 11.5 Å². The third-order valence-electron chi connectivity index (χ3n) is 2.70. The molecule has 1 aliphatic rings. The van der Waals surface area contributed by atoms with Crippen LogP contribution in [0.2, 0.25) is 0 Å². The van der Waals surface area contributed by atoms with Crippen molar-refractivity contribution in [3.05, 3.63) is 35.4 Å². The third-order valence-corrected chi connectivity index (χ3v) is 2.70. The molecular formula is C11H14N2O. The highest BCUT2D eigenvalue weighted by molar-refractivity contribution is 5.76. The number of primary amides is 1. The average molecular weight is 190 g/mol. The van der Waals surface area contributed by atoms with Gasteiger partial charge in [0.1, 0.15) is 0 Å². The van der Waals surface area contributed by atoms with E-state index < -0.39 is 0 Å². The predicted molar refractivity (Wildman–Crippen MR) is 54.4 cm³/mol. The second-order valence-corrected chi connectivity index (χ2v) is 4.00. The lowest BCUT2D eigenvalue weighted by atomic mass is 10.0. The summed E-state index contributed by atoms with van der Waals surface area (Å²) in [4.78, 5) is 10.7. The van der Waals surface area contributed by atoms with Gasteiger partial charge >= 0.3 is 0 Å². The molecule has 0 radical (unpaired) electrons. The Morgan fingerprint density at radius 1 is 1.29 bits per heavy atom. The largest absolute Gasteiger partial charge is 0.369 e. The SMILES string of the molecule is NC(=O)Cc1ccc(C2(N)CC2)cc1. The highest BCUT2D eigenvalue weighted by Crippen LogP contribution is 2.42. The van der Waals surface area contributed by atoms with E-state index in [9.17, 15) is 4.79 Å². The molecule has 1 aliphatic carbocycles. The Hall–Kier alpha value is -1.35. The molecule has 1 aromatic carbocycles. The Morgan fingerprint density at radius 2 is 1.86 bits per heavy atom. The van der Waals surface area contributed by atoms with Crippen LogP contribution in [0.25, 0.3) is 0 Å². The number of nitrogens with two attached hydrogens (primary N) is 2. The summed E-state index contributed by atoms with van der Waals surface area (Å²) in [5.41, 5.74) is 13.1. The first-order chi connectivity index (χ1) is 6.60. The lowest BCUT2D eigenvalue weighted by molar-refractivity contribution is -0.117. The maximum Gasteiger partial charge on any atom is 0.221 e. The lowest BCUT2D eigenvalue weighted by Gasteiger charge is -2.09. The predicted octanol–water partition coefficient (Wildman–Crippen LogP) is 0.662. The fourth-order valence-electron chi connectivity index (χ4n) is 1.58. The summed E-state index contributed by atoms with van der Waals surface area (Å²) in [6.45, 7) is 0. The molecule has 0 aromatic heterocycles. The second-order valence-electron chi connectivity index (χ2n) is 4.00. The summed E-state index contributed by atoms with van der Waals surface area (Å²) in [6.07, 6.45) is 2.42. The number of hydrogen-bond acceptors (Lipinski definition) is 2. The van der Waals surface area contributed by atoms with Crippen molar-refractivity contribution in [1.29, 1.82) is 0 Å². The smallest absolute Gasteiger partial charge is 0.221 e. The molecule has 0 aliphatic heterocycles. The van der Waals surface area contributed by atoms with Crippen LogP contribution in [0.1, 0.15) is 24.0 Å². The molecule has 0 saturated heterocycles. The molecule has 3 nitrogen and oxygen atoms in total. The lowest BCUT2D eigenvalue weighted by Crippen LogP contribution is -2.18. The molecule has 1 amide bonds. The number of hydrogen-bond donors (Lipinski definition) is 2. The second kappa shape index (κ2) is 3.10. The van der Waals surface area contributed by atoms with Crippen molar-refractivity contribution in [3.8, 4) is 0 Å². The van der Waals surface area contributed by atoms with Gasteiger partial charge in [-0.2, -0.15) is 0 Å². The molecule has 1 fully saturated rings. The zero-order valence-corrected chi connectivity index (χ0v) is 7.99. The van der Waals surface area contributed by atoms with E-state index in [0.717, 1.165) is 24.0 Å². The average Bonchev–Trinajstić information content (AvgIpc) is 2.85. The number of amides is 1. The summed E-state index contributed by atoms with van der Waals surface area (Å²) in [7, 11) is 0. The van der Waals surface area contributed by atoms with Gasteiger partial charge in [0.2, 0.25) is 5.91 Å². The van der Waals surface area contributed by atoms with Gasteiger partial charge < -0.3 is 11.5 Å². The summed E-state index contributed by atoms with van der Waals surface area (Å²) >= 11 is 0. The van der Waals surface area contributed by atoms with Gasteiger partial charge in [-0.05, 0) is 24.0 Å². The number of rotatable bonds is 3. The molecule has 0 spiro atoms. The monoisotopic (exact) mass is 190 g/mol. The van der Waals surface area contributed by atoms with E-state index in [4.69, 9.17) is 11.5 Å². The molecule has 0 unspecified atom stereocenters. The van der Waals surface area contributed by atoms with Crippen molar-refractivity contribution >= 4 is 5.91 Å². The Bertz CT molecular complexity index is 352. The number of carbonyl (C=O) groups excluding carboxylic acids is 1. The summed E-state index contributed by atoms with van der Waals surface area (Å²) in [5.74, 6) is -0.299. The van der Waals surface area contributed by atoms with E-state index >= 15 is 0 Å². The van der Waals surface area contributed by atoms with Crippen LogP contribution >= 0.6 is 0 Å². The maximum atomic E-state index is 10.7. The van der Waals surface area contributed by atoms with Crippen molar-refractivity contribution < 1.29 is 4.79 Å². The Morgan fingerprint density at radius 3 is 2.29 bits per heavy atom. The van der Waals surface area contributed by atoms with E-state index in [-0.39, 0.29) is 11.4 Å². The van der Waals surface area contributed by atoms with E-state index in [1.54, 1.807) is 0 Å². The summed E-state index contributed by atoms with van der Waals surface area (Å²) in [5, 5.41) is 0. The zero-order chi connectivity index (χ0) is 10.2. The van der Waals surface area contributed by atoms with Crippen LogP contribution in [0.4, 0.5) is 0 Å². The van der Waals surface area contributed by atoms with Crippen molar-refractivity contribution in [3.63, 3.8) is 0 Å². The Labute approximate surface area is 83.1 Å². The molecule has 14 heavy (non-hydrogen) atoms. The minimum atomic E-state index is -0.299. The van der Waals surface area contributed by atoms with Crippen LogP contribution in [0, 0.1) is 0 Å². The molecule has 2 rings (SSSR count). The molecule has 74 valence electrons. The molecular weight excluding hydrogens is 176 g/mol. The van der Waals surface area contributed by atoms with E-state index in [2.05, 4.69) is 0 Å².